The summed E-state index contributed by atoms with van der Waals surface area (Å²) in [6.07, 6.45) is 2.28. The fraction of sp³-hybridized carbons (Fsp3) is 0.500. The number of anilines is 1. The van der Waals surface area contributed by atoms with Crippen LogP contribution in [0.4, 0.5) is 5.69 Å². The van der Waals surface area contributed by atoms with Crippen LogP contribution in [0.5, 0.6) is 0 Å². The van der Waals surface area contributed by atoms with Gasteiger partial charge < -0.3 is 15.4 Å². The SMILES string of the molecule is Cc1ccc(N)c(C(=O)N(C)CC2CCCO2)c1. The number of nitrogen functional groups attached to an aromatic ring is 1. The molecule has 1 aromatic rings. The van der Waals surface area contributed by atoms with E-state index in [9.17, 15) is 4.79 Å². The van der Waals surface area contributed by atoms with Crippen LogP contribution in [0.2, 0.25) is 0 Å². The standard InChI is InChI=1S/C14H20N2O2/c1-10-5-6-13(15)12(8-10)14(17)16(2)9-11-4-3-7-18-11/h5-6,8,11H,3-4,7,9,15H2,1-2H3. The summed E-state index contributed by atoms with van der Waals surface area (Å²) in [6.45, 7) is 3.39. The smallest absolute Gasteiger partial charge is 0.255 e. The van der Waals surface area contributed by atoms with Crippen molar-refractivity contribution < 1.29 is 9.53 Å². The van der Waals surface area contributed by atoms with Crippen molar-refractivity contribution in [2.75, 3.05) is 25.9 Å². The largest absolute Gasteiger partial charge is 0.398 e. The topological polar surface area (TPSA) is 55.6 Å². The van der Waals surface area contributed by atoms with E-state index >= 15 is 0 Å². The predicted octanol–water partition coefficient (Wildman–Crippen LogP) is 1.83. The van der Waals surface area contributed by atoms with E-state index in [1.807, 2.05) is 19.1 Å². The van der Waals surface area contributed by atoms with E-state index in [4.69, 9.17) is 10.5 Å². The van der Waals surface area contributed by atoms with Crippen molar-refractivity contribution in [2.24, 2.45) is 0 Å². The van der Waals surface area contributed by atoms with E-state index in [0.29, 0.717) is 17.8 Å². The molecule has 2 rings (SSSR count). The van der Waals surface area contributed by atoms with E-state index in [0.717, 1.165) is 25.0 Å². The van der Waals surface area contributed by atoms with E-state index in [-0.39, 0.29) is 12.0 Å². The van der Waals surface area contributed by atoms with E-state index in [2.05, 4.69) is 0 Å². The third kappa shape index (κ3) is 2.82. The molecule has 18 heavy (non-hydrogen) atoms. The Hall–Kier alpha value is -1.55. The zero-order valence-electron chi connectivity index (χ0n) is 11.0. The van der Waals surface area contributed by atoms with Gasteiger partial charge in [0.05, 0.1) is 11.7 Å². The van der Waals surface area contributed by atoms with Crippen molar-refractivity contribution in [3.05, 3.63) is 29.3 Å². The second-order valence-electron chi connectivity index (χ2n) is 4.91. The number of nitrogens with zero attached hydrogens (tertiary/aromatic N) is 1. The Balaban J connectivity index is 2.07. The average Bonchev–Trinajstić information content (AvgIpc) is 2.84. The molecule has 1 unspecified atom stereocenters. The van der Waals surface area contributed by atoms with Gasteiger partial charge in [-0.2, -0.15) is 0 Å². The molecule has 1 atom stereocenters. The molecular formula is C14H20N2O2. The van der Waals surface area contributed by atoms with Gasteiger partial charge in [0, 0.05) is 25.9 Å². The maximum absolute atomic E-state index is 12.3. The number of hydrogen-bond acceptors (Lipinski definition) is 3. The number of amides is 1. The van der Waals surface area contributed by atoms with Crippen LogP contribution in [0.25, 0.3) is 0 Å². The lowest BCUT2D eigenvalue weighted by atomic mass is 10.1. The van der Waals surface area contributed by atoms with Crippen LogP contribution in [-0.4, -0.2) is 37.1 Å². The number of ether oxygens (including phenoxy) is 1. The molecule has 4 heteroatoms. The molecule has 1 aliphatic rings. The molecule has 0 spiro atoms. The fourth-order valence-corrected chi connectivity index (χ4v) is 2.24. The van der Waals surface area contributed by atoms with Crippen molar-refractivity contribution in [3.63, 3.8) is 0 Å². The molecular weight excluding hydrogens is 228 g/mol. The number of hydrogen-bond donors (Lipinski definition) is 1. The summed E-state index contributed by atoms with van der Waals surface area (Å²) >= 11 is 0. The number of benzene rings is 1. The van der Waals surface area contributed by atoms with Crippen molar-refractivity contribution >= 4 is 11.6 Å². The maximum Gasteiger partial charge on any atom is 0.255 e. The second-order valence-corrected chi connectivity index (χ2v) is 4.91. The van der Waals surface area contributed by atoms with Gasteiger partial charge in [-0.1, -0.05) is 11.6 Å². The van der Waals surface area contributed by atoms with Gasteiger partial charge >= 0.3 is 0 Å². The summed E-state index contributed by atoms with van der Waals surface area (Å²) in [7, 11) is 1.80. The lowest BCUT2D eigenvalue weighted by molar-refractivity contribution is 0.0588. The lowest BCUT2D eigenvalue weighted by Gasteiger charge is -2.21. The van der Waals surface area contributed by atoms with Gasteiger partial charge in [-0.15, -0.1) is 0 Å². The third-order valence-corrected chi connectivity index (χ3v) is 3.29. The third-order valence-electron chi connectivity index (χ3n) is 3.29. The minimum atomic E-state index is -0.0355. The van der Waals surface area contributed by atoms with Gasteiger partial charge in [0.15, 0.2) is 0 Å². The van der Waals surface area contributed by atoms with Gasteiger partial charge in [0.25, 0.3) is 5.91 Å². The quantitative estimate of drug-likeness (QED) is 0.830. The Bertz CT molecular complexity index is 439. The van der Waals surface area contributed by atoms with E-state index in [1.54, 1.807) is 18.0 Å². The Labute approximate surface area is 108 Å². The minimum Gasteiger partial charge on any atom is -0.398 e. The number of aryl methyl sites for hydroxylation is 1. The summed E-state index contributed by atoms with van der Waals surface area (Å²) in [4.78, 5) is 14.0. The summed E-state index contributed by atoms with van der Waals surface area (Å²) in [6, 6.07) is 5.53. The zero-order valence-corrected chi connectivity index (χ0v) is 11.0. The molecule has 0 aliphatic carbocycles. The first-order chi connectivity index (χ1) is 8.58. The van der Waals surface area contributed by atoms with Gasteiger partial charge in [-0.25, -0.2) is 0 Å². The van der Waals surface area contributed by atoms with Gasteiger partial charge in [0.2, 0.25) is 0 Å². The second kappa shape index (κ2) is 5.40. The summed E-state index contributed by atoms with van der Waals surface area (Å²) in [5.74, 6) is -0.0355. The van der Waals surface area contributed by atoms with Crippen LogP contribution in [0, 0.1) is 6.92 Å². The number of rotatable bonds is 3. The Morgan fingerprint density at radius 2 is 2.33 bits per heavy atom. The molecule has 1 saturated heterocycles. The average molecular weight is 248 g/mol. The summed E-state index contributed by atoms with van der Waals surface area (Å²) in [5, 5.41) is 0. The van der Waals surface area contributed by atoms with Crippen molar-refractivity contribution in [1.29, 1.82) is 0 Å². The highest BCUT2D eigenvalue weighted by Crippen LogP contribution is 2.18. The van der Waals surface area contributed by atoms with Crippen molar-refractivity contribution in [2.45, 2.75) is 25.9 Å². The number of carbonyl (C=O) groups excluding carboxylic acids is 1. The normalized spacial score (nSPS) is 18.9. The molecule has 1 aromatic carbocycles. The highest BCUT2D eigenvalue weighted by molar-refractivity contribution is 5.99. The molecule has 0 aromatic heterocycles. The number of carbonyl (C=O) groups is 1. The Morgan fingerprint density at radius 1 is 1.56 bits per heavy atom. The lowest BCUT2D eigenvalue weighted by Crippen LogP contribution is -2.34. The Kier molecular flexibility index (Phi) is 3.87. The van der Waals surface area contributed by atoms with Crippen LogP contribution in [0.3, 0.4) is 0 Å². The Morgan fingerprint density at radius 3 is 3.00 bits per heavy atom. The number of nitrogens with two attached hydrogens (primary N) is 1. The van der Waals surface area contributed by atoms with E-state index < -0.39 is 0 Å². The first kappa shape index (κ1) is 12.9. The summed E-state index contributed by atoms with van der Waals surface area (Å²) in [5.41, 5.74) is 8.01. The first-order valence-corrected chi connectivity index (χ1v) is 6.31. The molecule has 1 aliphatic heterocycles. The molecule has 1 heterocycles. The van der Waals surface area contributed by atoms with Crippen LogP contribution in [-0.2, 0) is 4.74 Å². The van der Waals surface area contributed by atoms with Gasteiger partial charge in [-0.3, -0.25) is 4.79 Å². The maximum atomic E-state index is 12.3. The van der Waals surface area contributed by atoms with Crippen LogP contribution in [0.15, 0.2) is 18.2 Å². The monoisotopic (exact) mass is 248 g/mol. The summed E-state index contributed by atoms with van der Waals surface area (Å²) < 4.78 is 5.54. The highest BCUT2D eigenvalue weighted by atomic mass is 16.5. The molecule has 4 nitrogen and oxygen atoms in total. The minimum absolute atomic E-state index is 0.0355. The van der Waals surface area contributed by atoms with Crippen LogP contribution in [0.1, 0.15) is 28.8 Å². The molecule has 2 N–H and O–H groups in total. The van der Waals surface area contributed by atoms with E-state index in [1.165, 1.54) is 0 Å². The predicted molar refractivity (Wildman–Crippen MR) is 71.5 cm³/mol. The molecule has 0 saturated carbocycles. The molecule has 1 amide bonds. The van der Waals surface area contributed by atoms with Gasteiger partial charge in [0.1, 0.15) is 0 Å². The van der Waals surface area contributed by atoms with Crippen LogP contribution < -0.4 is 5.73 Å². The molecule has 0 bridgehead atoms. The fourth-order valence-electron chi connectivity index (χ4n) is 2.24. The molecule has 98 valence electrons. The number of likely N-dealkylation sites (N-methyl/N-ethyl adjacent to an activating group) is 1. The highest BCUT2D eigenvalue weighted by Gasteiger charge is 2.21. The molecule has 1 fully saturated rings. The van der Waals surface area contributed by atoms with Crippen molar-refractivity contribution in [1.82, 2.24) is 4.90 Å². The molecule has 0 radical (unpaired) electrons. The van der Waals surface area contributed by atoms with Crippen molar-refractivity contribution in [3.8, 4) is 0 Å². The zero-order chi connectivity index (χ0) is 13.1. The van der Waals surface area contributed by atoms with Crippen LogP contribution >= 0.6 is 0 Å². The first-order valence-electron chi connectivity index (χ1n) is 6.31. The van der Waals surface area contributed by atoms with Gasteiger partial charge in [-0.05, 0) is 31.9 Å².